The summed E-state index contributed by atoms with van der Waals surface area (Å²) in [5.41, 5.74) is 6.54. The maximum atomic E-state index is 12.0. The van der Waals surface area contributed by atoms with Crippen LogP contribution in [0.1, 0.15) is 5.56 Å². The number of ether oxygens (including phenoxy) is 2. The molecule has 0 radical (unpaired) electrons. The van der Waals surface area contributed by atoms with Gasteiger partial charge in [0.05, 0.1) is 7.11 Å². The fourth-order valence-electron chi connectivity index (χ4n) is 1.98. The molecule has 0 heterocycles. The zero-order chi connectivity index (χ0) is 18.2. The molecule has 0 fully saturated rings. The molecule has 0 saturated carbocycles. The molecule has 130 valence electrons. The summed E-state index contributed by atoms with van der Waals surface area (Å²) in [7, 11) is 1.49. The lowest BCUT2D eigenvalue weighted by molar-refractivity contribution is -0.120. The number of nitrogens with one attached hydrogen (secondary N) is 1. The van der Waals surface area contributed by atoms with Gasteiger partial charge in [-0.1, -0.05) is 12.1 Å². The lowest BCUT2D eigenvalue weighted by Crippen LogP contribution is -2.20. The van der Waals surface area contributed by atoms with Gasteiger partial charge in [-0.25, -0.2) is 0 Å². The second-order valence-electron chi connectivity index (χ2n) is 5.00. The lowest BCUT2D eigenvalue weighted by atomic mass is 10.2. The molecular formula is C18H17IN2O4. The first-order chi connectivity index (χ1) is 12.0. The van der Waals surface area contributed by atoms with Crippen LogP contribution in [0.25, 0.3) is 6.08 Å². The molecular weight excluding hydrogens is 435 g/mol. The van der Waals surface area contributed by atoms with E-state index in [2.05, 4.69) is 27.9 Å². The quantitative estimate of drug-likeness (QED) is 0.500. The molecule has 0 bridgehead atoms. The zero-order valence-electron chi connectivity index (χ0n) is 13.5. The number of primary amides is 1. The van der Waals surface area contributed by atoms with Crippen LogP contribution in [0, 0.1) is 3.57 Å². The first-order valence-corrected chi connectivity index (χ1v) is 8.39. The highest BCUT2D eigenvalue weighted by Gasteiger charge is 2.06. The summed E-state index contributed by atoms with van der Waals surface area (Å²) in [6.45, 7) is -0.232. The Morgan fingerprint density at radius 2 is 2.00 bits per heavy atom. The van der Waals surface area contributed by atoms with Crippen LogP contribution < -0.4 is 20.5 Å². The summed E-state index contributed by atoms with van der Waals surface area (Å²) >= 11 is 2.18. The van der Waals surface area contributed by atoms with Crippen molar-refractivity contribution in [2.45, 2.75) is 0 Å². The van der Waals surface area contributed by atoms with Crippen molar-refractivity contribution in [3.8, 4) is 11.5 Å². The second-order valence-corrected chi connectivity index (χ2v) is 6.24. The molecule has 0 aliphatic heterocycles. The van der Waals surface area contributed by atoms with Gasteiger partial charge in [-0.3, -0.25) is 9.59 Å². The summed E-state index contributed by atoms with van der Waals surface area (Å²) in [6.07, 6.45) is 3.09. The highest BCUT2D eigenvalue weighted by Crippen LogP contribution is 2.28. The van der Waals surface area contributed by atoms with Crippen molar-refractivity contribution in [2.75, 3.05) is 19.0 Å². The van der Waals surface area contributed by atoms with E-state index in [0.717, 1.165) is 14.8 Å². The monoisotopic (exact) mass is 452 g/mol. The van der Waals surface area contributed by atoms with Gasteiger partial charge in [0.1, 0.15) is 0 Å². The Bertz CT molecular complexity index is 805. The number of rotatable bonds is 7. The number of benzene rings is 2. The smallest absolute Gasteiger partial charge is 0.255 e. The number of amides is 2. The van der Waals surface area contributed by atoms with Crippen molar-refractivity contribution in [1.29, 1.82) is 0 Å². The third kappa shape index (κ3) is 6.11. The molecule has 2 rings (SSSR count). The molecule has 2 aromatic carbocycles. The van der Waals surface area contributed by atoms with Gasteiger partial charge in [0.2, 0.25) is 5.91 Å². The average Bonchev–Trinajstić information content (AvgIpc) is 2.58. The normalized spacial score (nSPS) is 10.5. The molecule has 2 aromatic rings. The Hall–Kier alpha value is -2.55. The fraction of sp³-hybridized carbons (Fsp3) is 0.111. The molecule has 0 saturated heterocycles. The predicted octanol–water partition coefficient (Wildman–Crippen LogP) is 2.82. The highest BCUT2D eigenvalue weighted by molar-refractivity contribution is 14.1. The van der Waals surface area contributed by atoms with E-state index >= 15 is 0 Å². The summed E-state index contributed by atoms with van der Waals surface area (Å²) in [5.74, 6) is 0.0384. The number of methoxy groups -OCH3 is 1. The van der Waals surface area contributed by atoms with E-state index in [1.807, 2.05) is 24.3 Å². The molecule has 6 nitrogen and oxygen atoms in total. The minimum absolute atomic E-state index is 0.232. The molecule has 2 amide bonds. The van der Waals surface area contributed by atoms with Crippen LogP contribution in [0.15, 0.2) is 48.5 Å². The minimum Gasteiger partial charge on any atom is -0.493 e. The predicted molar refractivity (Wildman–Crippen MR) is 105 cm³/mol. The molecule has 25 heavy (non-hydrogen) atoms. The minimum atomic E-state index is -0.571. The van der Waals surface area contributed by atoms with Crippen molar-refractivity contribution in [2.24, 2.45) is 5.73 Å². The standard InChI is InChI=1S/C18H17IN2O4/c1-24-16-9-12(5-7-15(16)25-11-17(20)22)6-8-18(23)21-14-4-2-3-13(19)10-14/h2-10H,11H2,1H3,(H2,20,22)(H,21,23)/b8-6+. The third-order valence-corrected chi connectivity index (χ3v) is 3.75. The summed E-state index contributed by atoms with van der Waals surface area (Å²) in [6, 6.07) is 12.6. The molecule has 0 aliphatic carbocycles. The summed E-state index contributed by atoms with van der Waals surface area (Å²) in [5, 5.41) is 2.79. The van der Waals surface area contributed by atoms with Crippen molar-refractivity contribution < 1.29 is 19.1 Å². The Kier molecular flexibility index (Phi) is 6.81. The van der Waals surface area contributed by atoms with Crippen LogP contribution in [0.2, 0.25) is 0 Å². The third-order valence-electron chi connectivity index (χ3n) is 3.08. The number of carbonyl (C=O) groups excluding carboxylic acids is 2. The summed E-state index contributed by atoms with van der Waals surface area (Å²) in [4.78, 5) is 22.8. The maximum absolute atomic E-state index is 12.0. The fourth-order valence-corrected chi connectivity index (χ4v) is 2.52. The van der Waals surface area contributed by atoms with Crippen LogP contribution in [-0.2, 0) is 9.59 Å². The van der Waals surface area contributed by atoms with Crippen LogP contribution in [0.3, 0.4) is 0 Å². The van der Waals surface area contributed by atoms with Gasteiger partial charge in [-0.15, -0.1) is 0 Å². The number of hydrogen-bond donors (Lipinski definition) is 2. The van der Waals surface area contributed by atoms with E-state index in [1.54, 1.807) is 24.3 Å². The molecule has 0 spiro atoms. The van der Waals surface area contributed by atoms with Crippen LogP contribution in [0.5, 0.6) is 11.5 Å². The van der Waals surface area contributed by atoms with Gasteiger partial charge in [0, 0.05) is 15.3 Å². The maximum Gasteiger partial charge on any atom is 0.255 e. The first-order valence-electron chi connectivity index (χ1n) is 7.31. The van der Waals surface area contributed by atoms with Crippen LogP contribution >= 0.6 is 22.6 Å². The second kappa shape index (κ2) is 9.07. The largest absolute Gasteiger partial charge is 0.493 e. The van der Waals surface area contributed by atoms with Gasteiger partial charge in [0.25, 0.3) is 5.91 Å². The van der Waals surface area contributed by atoms with Crippen molar-refractivity contribution >= 4 is 46.2 Å². The SMILES string of the molecule is COc1cc(/C=C/C(=O)Nc2cccc(I)c2)ccc1OCC(N)=O. The number of nitrogens with two attached hydrogens (primary N) is 1. The van der Waals surface area contributed by atoms with E-state index in [-0.39, 0.29) is 12.5 Å². The van der Waals surface area contributed by atoms with Gasteiger partial charge >= 0.3 is 0 Å². The van der Waals surface area contributed by atoms with E-state index in [0.29, 0.717) is 11.5 Å². The molecule has 0 aliphatic rings. The number of hydrogen-bond acceptors (Lipinski definition) is 4. The number of anilines is 1. The molecule has 0 aromatic heterocycles. The Morgan fingerprint density at radius 1 is 1.20 bits per heavy atom. The Labute approximate surface area is 159 Å². The number of carbonyl (C=O) groups is 2. The van der Waals surface area contributed by atoms with E-state index in [1.165, 1.54) is 13.2 Å². The topological polar surface area (TPSA) is 90.7 Å². The van der Waals surface area contributed by atoms with E-state index < -0.39 is 5.91 Å². The van der Waals surface area contributed by atoms with Crippen molar-refractivity contribution in [3.63, 3.8) is 0 Å². The lowest BCUT2D eigenvalue weighted by Gasteiger charge is -2.10. The molecule has 3 N–H and O–H groups in total. The Morgan fingerprint density at radius 3 is 2.68 bits per heavy atom. The van der Waals surface area contributed by atoms with E-state index in [9.17, 15) is 9.59 Å². The van der Waals surface area contributed by atoms with Crippen molar-refractivity contribution in [1.82, 2.24) is 0 Å². The van der Waals surface area contributed by atoms with Gasteiger partial charge < -0.3 is 20.5 Å². The molecule has 0 unspecified atom stereocenters. The van der Waals surface area contributed by atoms with Crippen LogP contribution in [-0.4, -0.2) is 25.5 Å². The van der Waals surface area contributed by atoms with Gasteiger partial charge in [-0.05, 0) is 64.6 Å². The molecule has 0 atom stereocenters. The van der Waals surface area contributed by atoms with E-state index in [4.69, 9.17) is 15.2 Å². The molecule has 7 heteroatoms. The van der Waals surface area contributed by atoms with Gasteiger partial charge in [0.15, 0.2) is 18.1 Å². The number of halogens is 1. The van der Waals surface area contributed by atoms with Crippen molar-refractivity contribution in [3.05, 3.63) is 57.7 Å². The summed E-state index contributed by atoms with van der Waals surface area (Å²) < 4.78 is 11.5. The Balaban J connectivity index is 2.04. The average molecular weight is 452 g/mol. The highest BCUT2D eigenvalue weighted by atomic mass is 127. The van der Waals surface area contributed by atoms with Crippen LogP contribution in [0.4, 0.5) is 5.69 Å². The first kappa shape index (κ1) is 18.8. The zero-order valence-corrected chi connectivity index (χ0v) is 15.6. The van der Waals surface area contributed by atoms with Gasteiger partial charge in [-0.2, -0.15) is 0 Å².